The Labute approximate surface area is 238 Å². The minimum atomic E-state index is -4.68. The quantitative estimate of drug-likeness (QED) is 0.196. The van der Waals surface area contributed by atoms with Gasteiger partial charge in [0, 0.05) is 54.7 Å². The van der Waals surface area contributed by atoms with Crippen LogP contribution in [-0.2, 0) is 17.4 Å². The maximum absolute atomic E-state index is 14.0. The predicted octanol–water partition coefficient (Wildman–Crippen LogP) is 6.55. The number of amides is 1. The Balaban J connectivity index is 1.34. The van der Waals surface area contributed by atoms with Crippen LogP contribution in [0, 0.1) is 0 Å². The molecule has 4 heterocycles. The van der Waals surface area contributed by atoms with Crippen molar-refractivity contribution < 1.29 is 27.2 Å². The molecule has 5 rings (SSSR count). The van der Waals surface area contributed by atoms with Crippen molar-refractivity contribution in [3.05, 3.63) is 83.4 Å². The normalized spacial score (nSPS) is 14.7. The molecule has 11 heteroatoms. The first-order valence-electron chi connectivity index (χ1n) is 13.0. The molecule has 1 aliphatic heterocycles. The van der Waals surface area contributed by atoms with Crippen LogP contribution < -0.4 is 5.73 Å². The predicted molar refractivity (Wildman–Crippen MR) is 150 cm³/mol. The molecule has 1 saturated heterocycles. The zero-order valence-corrected chi connectivity index (χ0v) is 22.6. The van der Waals surface area contributed by atoms with Crippen molar-refractivity contribution in [3.63, 3.8) is 0 Å². The molecular formula is C30H26ClF3N4O3. The van der Waals surface area contributed by atoms with Gasteiger partial charge in [-0.1, -0.05) is 0 Å². The van der Waals surface area contributed by atoms with Crippen molar-refractivity contribution in [2.75, 3.05) is 18.8 Å². The number of hydrogen-bond donors (Lipinski definition) is 1. The standard InChI is InChI=1S/C30H26ClF3N4O3/c31-22-9-11-38(12-10-22)29(40)19-3-7-26(36-17-19)20-13-21-14-24(41-28(21)25(15-20)30(32,33)34)6-5-23(39)4-1-18-2-8-27(35)37-16-18/h1-4,7-8,13-17,22H,5-6,9-12H2,(H2,35,37)/b4-1+. The Kier molecular flexibility index (Phi) is 8.12. The Hall–Kier alpha value is -4.18. The molecule has 1 fully saturated rings. The number of ketones is 1. The van der Waals surface area contributed by atoms with E-state index in [9.17, 15) is 22.8 Å². The number of aromatic nitrogens is 2. The third-order valence-corrected chi connectivity index (χ3v) is 7.32. The van der Waals surface area contributed by atoms with Crippen molar-refractivity contribution in [2.24, 2.45) is 0 Å². The summed E-state index contributed by atoms with van der Waals surface area (Å²) in [5.41, 5.74) is 5.87. The number of fused-ring (bicyclic) bond motifs is 1. The van der Waals surface area contributed by atoms with Gasteiger partial charge < -0.3 is 15.1 Å². The number of nitrogen functional groups attached to an aromatic ring is 1. The summed E-state index contributed by atoms with van der Waals surface area (Å²) in [6.45, 7) is 1.09. The van der Waals surface area contributed by atoms with Crippen LogP contribution >= 0.6 is 11.6 Å². The second-order valence-corrected chi connectivity index (χ2v) is 10.5. The molecule has 2 N–H and O–H groups in total. The number of hydrogen-bond acceptors (Lipinski definition) is 6. The topological polar surface area (TPSA) is 102 Å². The van der Waals surface area contributed by atoms with Crippen LogP contribution in [0.5, 0.6) is 0 Å². The first-order chi connectivity index (χ1) is 19.6. The highest BCUT2D eigenvalue weighted by atomic mass is 35.5. The Morgan fingerprint density at radius 3 is 2.51 bits per heavy atom. The highest BCUT2D eigenvalue weighted by molar-refractivity contribution is 6.20. The molecule has 212 valence electrons. The lowest BCUT2D eigenvalue weighted by molar-refractivity contribution is -0.136. The van der Waals surface area contributed by atoms with E-state index in [1.165, 1.54) is 30.6 Å². The van der Waals surface area contributed by atoms with Crippen molar-refractivity contribution in [2.45, 2.75) is 37.2 Å². The zero-order valence-electron chi connectivity index (χ0n) is 21.8. The average molecular weight is 583 g/mol. The van der Waals surface area contributed by atoms with Crippen LogP contribution in [0.4, 0.5) is 19.0 Å². The molecule has 0 aliphatic carbocycles. The van der Waals surface area contributed by atoms with E-state index in [1.807, 2.05) is 0 Å². The maximum Gasteiger partial charge on any atom is 0.420 e. The van der Waals surface area contributed by atoms with Gasteiger partial charge in [0.05, 0.1) is 16.8 Å². The second kappa shape index (κ2) is 11.7. The maximum atomic E-state index is 14.0. The summed E-state index contributed by atoms with van der Waals surface area (Å²) in [6, 6.07) is 10.5. The van der Waals surface area contributed by atoms with Crippen LogP contribution in [-0.4, -0.2) is 45.0 Å². The van der Waals surface area contributed by atoms with Gasteiger partial charge in [0.1, 0.15) is 17.2 Å². The van der Waals surface area contributed by atoms with Crippen LogP contribution in [0.3, 0.4) is 0 Å². The van der Waals surface area contributed by atoms with Gasteiger partial charge in [-0.25, -0.2) is 4.98 Å². The van der Waals surface area contributed by atoms with Gasteiger partial charge in [-0.15, -0.1) is 11.6 Å². The first-order valence-corrected chi connectivity index (χ1v) is 13.5. The lowest BCUT2D eigenvalue weighted by atomic mass is 10.0. The minimum absolute atomic E-state index is 0.0482. The molecule has 0 saturated carbocycles. The summed E-state index contributed by atoms with van der Waals surface area (Å²) in [4.78, 5) is 35.1. The first kappa shape index (κ1) is 28.4. The lowest BCUT2D eigenvalue weighted by Gasteiger charge is -2.29. The number of rotatable bonds is 7. The fourth-order valence-electron chi connectivity index (χ4n) is 4.65. The Morgan fingerprint density at radius 2 is 1.85 bits per heavy atom. The molecule has 0 radical (unpaired) electrons. The van der Waals surface area contributed by atoms with E-state index in [4.69, 9.17) is 21.8 Å². The van der Waals surface area contributed by atoms with E-state index in [0.717, 1.165) is 6.07 Å². The van der Waals surface area contributed by atoms with E-state index in [2.05, 4.69) is 9.97 Å². The van der Waals surface area contributed by atoms with Crippen molar-refractivity contribution in [1.29, 1.82) is 0 Å². The summed E-state index contributed by atoms with van der Waals surface area (Å²) in [5.74, 6) is 0.215. The van der Waals surface area contributed by atoms with E-state index in [0.29, 0.717) is 42.9 Å². The number of allylic oxidation sites excluding steroid dienone is 1. The molecule has 0 bridgehead atoms. The fraction of sp³-hybridized carbons (Fsp3) is 0.267. The highest BCUT2D eigenvalue weighted by Crippen LogP contribution is 2.39. The number of nitrogens with zero attached hydrogens (tertiary/aromatic N) is 3. The number of furan rings is 1. The summed E-state index contributed by atoms with van der Waals surface area (Å²) in [7, 11) is 0. The number of alkyl halides is 4. The van der Waals surface area contributed by atoms with Gasteiger partial charge in [-0.2, -0.15) is 13.2 Å². The third-order valence-electron chi connectivity index (χ3n) is 6.88. The number of nitrogens with two attached hydrogens (primary N) is 1. The number of pyridine rings is 2. The molecule has 1 aromatic carbocycles. The molecule has 7 nitrogen and oxygen atoms in total. The molecule has 3 aromatic heterocycles. The largest absolute Gasteiger partial charge is 0.460 e. The number of carbonyl (C=O) groups excluding carboxylic acids is 2. The molecule has 41 heavy (non-hydrogen) atoms. The van der Waals surface area contributed by atoms with Crippen LogP contribution in [0.2, 0.25) is 0 Å². The third kappa shape index (κ3) is 6.77. The molecule has 4 aromatic rings. The molecule has 1 aliphatic rings. The van der Waals surface area contributed by atoms with Gasteiger partial charge >= 0.3 is 6.18 Å². The van der Waals surface area contributed by atoms with E-state index < -0.39 is 11.7 Å². The minimum Gasteiger partial charge on any atom is -0.460 e. The van der Waals surface area contributed by atoms with E-state index >= 15 is 0 Å². The molecule has 0 atom stereocenters. The van der Waals surface area contributed by atoms with Crippen molar-refractivity contribution in [1.82, 2.24) is 14.9 Å². The number of aryl methyl sites for hydroxylation is 1. The number of benzene rings is 1. The molecule has 0 unspecified atom stereocenters. The number of halogens is 4. The number of carbonyl (C=O) groups is 2. The number of anilines is 1. The number of likely N-dealkylation sites (tertiary alicyclic amines) is 1. The number of piperidine rings is 1. The van der Waals surface area contributed by atoms with E-state index in [1.54, 1.807) is 35.2 Å². The summed E-state index contributed by atoms with van der Waals surface area (Å²) < 4.78 is 47.6. The van der Waals surface area contributed by atoms with Gasteiger partial charge in [0.15, 0.2) is 5.78 Å². The smallest absolute Gasteiger partial charge is 0.420 e. The van der Waals surface area contributed by atoms with Gasteiger partial charge in [-0.05, 0) is 73.0 Å². The van der Waals surface area contributed by atoms with Gasteiger partial charge in [-0.3, -0.25) is 14.6 Å². The second-order valence-electron chi connectivity index (χ2n) is 9.87. The molecule has 0 spiro atoms. The fourth-order valence-corrected chi connectivity index (χ4v) is 4.84. The van der Waals surface area contributed by atoms with Gasteiger partial charge in [0.25, 0.3) is 5.91 Å². The monoisotopic (exact) mass is 582 g/mol. The van der Waals surface area contributed by atoms with Crippen LogP contribution in [0.1, 0.15) is 46.5 Å². The molecule has 1 amide bonds. The Morgan fingerprint density at radius 1 is 1.07 bits per heavy atom. The summed E-state index contributed by atoms with van der Waals surface area (Å²) in [6.07, 6.45) is 2.79. The SMILES string of the molecule is Nc1ccc(/C=C/C(=O)CCc2cc3cc(-c4ccc(C(=O)N5CCC(Cl)CC5)cn4)cc(C(F)(F)F)c3o2)cn1. The van der Waals surface area contributed by atoms with Gasteiger partial charge in [0.2, 0.25) is 0 Å². The van der Waals surface area contributed by atoms with Crippen molar-refractivity contribution >= 4 is 46.2 Å². The molecular weight excluding hydrogens is 557 g/mol. The van der Waals surface area contributed by atoms with Crippen LogP contribution in [0.25, 0.3) is 28.3 Å². The zero-order chi connectivity index (χ0) is 29.1. The summed E-state index contributed by atoms with van der Waals surface area (Å²) >= 11 is 6.12. The average Bonchev–Trinajstić information content (AvgIpc) is 3.38. The van der Waals surface area contributed by atoms with Crippen molar-refractivity contribution in [3.8, 4) is 11.3 Å². The Bertz CT molecular complexity index is 1590. The van der Waals surface area contributed by atoms with Crippen LogP contribution in [0.15, 0.2) is 65.4 Å². The van der Waals surface area contributed by atoms with E-state index in [-0.39, 0.29) is 57.9 Å². The highest BCUT2D eigenvalue weighted by Gasteiger charge is 2.35. The lowest BCUT2D eigenvalue weighted by Crippen LogP contribution is -2.38. The summed E-state index contributed by atoms with van der Waals surface area (Å²) in [5, 5.41) is 0.294.